The van der Waals surface area contributed by atoms with Crippen molar-refractivity contribution in [2.24, 2.45) is 12.1 Å². The lowest BCUT2D eigenvalue weighted by molar-refractivity contribution is 0.846. The van der Waals surface area contributed by atoms with Gasteiger partial charge in [-0.2, -0.15) is 5.10 Å². The number of halogens is 2. The maximum atomic E-state index is 12.3. The molecule has 0 aliphatic heterocycles. The first-order valence-corrected chi connectivity index (χ1v) is 7.52. The molecule has 0 saturated heterocycles. The molecule has 1 aromatic heterocycles. The summed E-state index contributed by atoms with van der Waals surface area (Å²) in [6.07, 6.45) is 1.52. The summed E-state index contributed by atoms with van der Waals surface area (Å²) in [5, 5.41) is 5.51. The summed E-state index contributed by atoms with van der Waals surface area (Å²) >= 11 is 12.0. The Kier molecular flexibility index (Phi) is 4.32. The van der Waals surface area contributed by atoms with E-state index >= 15 is 0 Å². The smallest absolute Gasteiger partial charge is 0.262 e. The Bertz CT molecular complexity index is 966. The molecular weight excluding hydrogens is 335 g/mol. The molecule has 1 heterocycles. The van der Waals surface area contributed by atoms with Crippen LogP contribution in [-0.4, -0.2) is 15.8 Å². The minimum atomic E-state index is -0.144. The molecule has 5 nitrogen and oxygen atoms in total. The number of aromatic nitrogens is 2. The second kappa shape index (κ2) is 6.40. The van der Waals surface area contributed by atoms with Crippen molar-refractivity contribution in [3.05, 3.63) is 68.4 Å². The molecule has 7 heteroatoms. The number of benzene rings is 2. The fourth-order valence-corrected chi connectivity index (χ4v) is 2.45. The average molecular weight is 347 g/mol. The predicted octanol–water partition coefficient (Wildman–Crippen LogP) is 3.69. The summed E-state index contributed by atoms with van der Waals surface area (Å²) in [6, 6.07) is 12.4. The van der Waals surface area contributed by atoms with Crippen LogP contribution in [0.4, 0.5) is 5.95 Å². The zero-order valence-corrected chi connectivity index (χ0v) is 13.6. The Morgan fingerprint density at radius 3 is 2.78 bits per heavy atom. The van der Waals surface area contributed by atoms with Gasteiger partial charge in [0.25, 0.3) is 5.56 Å². The van der Waals surface area contributed by atoms with Gasteiger partial charge >= 0.3 is 0 Å². The largest absolute Gasteiger partial charge is 0.280 e. The van der Waals surface area contributed by atoms with Gasteiger partial charge in [0.15, 0.2) is 0 Å². The van der Waals surface area contributed by atoms with Gasteiger partial charge in [0, 0.05) is 12.6 Å². The van der Waals surface area contributed by atoms with Gasteiger partial charge < -0.3 is 0 Å². The molecule has 0 aliphatic carbocycles. The molecule has 2 aromatic carbocycles. The fourth-order valence-electron chi connectivity index (χ4n) is 2.10. The Morgan fingerprint density at radius 1 is 1.17 bits per heavy atom. The third kappa shape index (κ3) is 3.06. The molecule has 0 bridgehead atoms. The fraction of sp³-hybridized carbons (Fsp3) is 0.0625. The molecule has 0 amide bonds. The summed E-state index contributed by atoms with van der Waals surface area (Å²) in [5.41, 5.74) is 3.89. The topological polar surface area (TPSA) is 59.3 Å². The maximum Gasteiger partial charge on any atom is 0.262 e. The van der Waals surface area contributed by atoms with Crippen LogP contribution in [0.3, 0.4) is 0 Å². The lowest BCUT2D eigenvalue weighted by Crippen LogP contribution is -2.21. The first-order chi connectivity index (χ1) is 11.1. The lowest BCUT2D eigenvalue weighted by atomic mass is 10.2. The van der Waals surface area contributed by atoms with Crippen LogP contribution in [0.25, 0.3) is 10.9 Å². The van der Waals surface area contributed by atoms with Crippen LogP contribution in [0.5, 0.6) is 0 Å². The van der Waals surface area contributed by atoms with E-state index in [1.165, 1.54) is 10.8 Å². The molecule has 1 N–H and O–H groups in total. The van der Waals surface area contributed by atoms with Gasteiger partial charge in [-0.1, -0.05) is 47.5 Å². The van der Waals surface area contributed by atoms with Crippen molar-refractivity contribution in [2.45, 2.75) is 0 Å². The number of anilines is 1. The second-order valence-electron chi connectivity index (χ2n) is 4.83. The third-order valence-electron chi connectivity index (χ3n) is 3.33. The number of fused-ring (bicyclic) bond motifs is 1. The van der Waals surface area contributed by atoms with Gasteiger partial charge in [0.2, 0.25) is 5.95 Å². The molecule has 3 rings (SSSR count). The van der Waals surface area contributed by atoms with Gasteiger partial charge in [0.05, 0.1) is 27.2 Å². The molecule has 0 fully saturated rings. The van der Waals surface area contributed by atoms with E-state index in [1.54, 1.807) is 43.4 Å². The summed E-state index contributed by atoms with van der Waals surface area (Å²) < 4.78 is 1.40. The second-order valence-corrected chi connectivity index (χ2v) is 5.61. The van der Waals surface area contributed by atoms with E-state index in [2.05, 4.69) is 15.5 Å². The molecule has 23 heavy (non-hydrogen) atoms. The molecule has 116 valence electrons. The van der Waals surface area contributed by atoms with Crippen molar-refractivity contribution < 1.29 is 0 Å². The first-order valence-electron chi connectivity index (χ1n) is 6.77. The number of hydrogen-bond donors (Lipinski definition) is 1. The lowest BCUT2D eigenvalue weighted by Gasteiger charge is -2.07. The third-order valence-corrected chi connectivity index (χ3v) is 4.17. The summed E-state index contributed by atoms with van der Waals surface area (Å²) in [4.78, 5) is 16.7. The number of nitrogens with one attached hydrogen (secondary N) is 1. The van der Waals surface area contributed by atoms with Gasteiger partial charge in [-0.05, 0) is 18.2 Å². The summed E-state index contributed by atoms with van der Waals surface area (Å²) in [7, 11) is 1.63. The van der Waals surface area contributed by atoms with Crippen molar-refractivity contribution >= 4 is 46.3 Å². The van der Waals surface area contributed by atoms with Crippen molar-refractivity contribution in [3.63, 3.8) is 0 Å². The average Bonchev–Trinajstić information content (AvgIpc) is 2.56. The molecule has 0 atom stereocenters. The Balaban J connectivity index is 1.93. The predicted molar refractivity (Wildman–Crippen MR) is 94.7 cm³/mol. The quantitative estimate of drug-likeness (QED) is 0.581. The zero-order valence-electron chi connectivity index (χ0n) is 12.1. The van der Waals surface area contributed by atoms with E-state index in [0.29, 0.717) is 32.5 Å². The van der Waals surface area contributed by atoms with Crippen molar-refractivity contribution in [1.82, 2.24) is 9.55 Å². The van der Waals surface area contributed by atoms with Crippen LogP contribution in [0.1, 0.15) is 5.56 Å². The summed E-state index contributed by atoms with van der Waals surface area (Å²) in [5.74, 6) is 0.336. The van der Waals surface area contributed by atoms with Crippen LogP contribution in [-0.2, 0) is 7.05 Å². The SMILES string of the molecule is Cn1c(N/N=C/c2cccc(Cl)c2Cl)nc2ccccc2c1=O. The van der Waals surface area contributed by atoms with Crippen LogP contribution in [0.2, 0.25) is 10.0 Å². The van der Waals surface area contributed by atoms with E-state index in [4.69, 9.17) is 23.2 Å². The molecular formula is C16H12Cl2N4O. The highest BCUT2D eigenvalue weighted by molar-refractivity contribution is 6.43. The van der Waals surface area contributed by atoms with Crippen molar-refractivity contribution in [2.75, 3.05) is 5.43 Å². The van der Waals surface area contributed by atoms with Crippen LogP contribution in [0, 0.1) is 0 Å². The normalized spacial score (nSPS) is 11.3. The molecule has 0 saturated carbocycles. The molecule has 0 aliphatic rings. The van der Waals surface area contributed by atoms with E-state index in [0.717, 1.165) is 0 Å². The van der Waals surface area contributed by atoms with Crippen LogP contribution < -0.4 is 11.0 Å². The number of hydrogen-bond acceptors (Lipinski definition) is 4. The van der Waals surface area contributed by atoms with Crippen molar-refractivity contribution in [3.8, 4) is 0 Å². The van der Waals surface area contributed by atoms with Gasteiger partial charge in [-0.15, -0.1) is 0 Å². The number of rotatable bonds is 3. The minimum Gasteiger partial charge on any atom is -0.280 e. The highest BCUT2D eigenvalue weighted by atomic mass is 35.5. The van der Waals surface area contributed by atoms with E-state index < -0.39 is 0 Å². The number of para-hydroxylation sites is 1. The molecule has 0 spiro atoms. The summed E-state index contributed by atoms with van der Waals surface area (Å²) in [6.45, 7) is 0. The number of hydrazone groups is 1. The maximum absolute atomic E-state index is 12.3. The van der Waals surface area contributed by atoms with E-state index in [-0.39, 0.29) is 5.56 Å². The zero-order chi connectivity index (χ0) is 16.4. The monoisotopic (exact) mass is 346 g/mol. The Morgan fingerprint density at radius 2 is 1.96 bits per heavy atom. The first kappa shape index (κ1) is 15.5. The van der Waals surface area contributed by atoms with Gasteiger partial charge in [-0.3, -0.25) is 9.36 Å². The van der Waals surface area contributed by atoms with E-state index in [1.807, 2.05) is 6.07 Å². The van der Waals surface area contributed by atoms with Crippen LogP contribution in [0.15, 0.2) is 52.4 Å². The number of nitrogens with zero attached hydrogens (tertiary/aromatic N) is 3. The van der Waals surface area contributed by atoms with Gasteiger partial charge in [0.1, 0.15) is 0 Å². The van der Waals surface area contributed by atoms with Crippen molar-refractivity contribution in [1.29, 1.82) is 0 Å². The van der Waals surface area contributed by atoms with E-state index in [9.17, 15) is 4.79 Å². The highest BCUT2D eigenvalue weighted by Gasteiger charge is 2.07. The Hall–Kier alpha value is -2.37. The van der Waals surface area contributed by atoms with Gasteiger partial charge in [-0.25, -0.2) is 10.4 Å². The van der Waals surface area contributed by atoms with Crippen LogP contribution >= 0.6 is 23.2 Å². The standard InChI is InChI=1S/C16H12Cl2N4O/c1-22-15(23)11-6-2-3-8-13(11)20-16(22)21-19-9-10-5-4-7-12(17)14(10)18/h2-9H,1H3,(H,20,21)/b19-9+. The molecule has 0 unspecified atom stereocenters. The minimum absolute atomic E-state index is 0.144. The Labute approximate surface area is 142 Å². The molecule has 0 radical (unpaired) electrons. The highest BCUT2D eigenvalue weighted by Crippen LogP contribution is 2.24. The molecule has 3 aromatic rings.